The summed E-state index contributed by atoms with van der Waals surface area (Å²) in [6, 6.07) is 31.0. The van der Waals surface area contributed by atoms with Crippen molar-refractivity contribution in [2.24, 2.45) is 0 Å². The first-order valence-electron chi connectivity index (χ1n) is 12.2. The molecule has 0 saturated carbocycles. The molecule has 1 amide bonds. The van der Waals surface area contributed by atoms with Crippen LogP contribution in [0.25, 0.3) is 11.1 Å². The molecule has 3 aliphatic rings. The van der Waals surface area contributed by atoms with Crippen LogP contribution in [0.1, 0.15) is 28.7 Å². The van der Waals surface area contributed by atoms with Crippen molar-refractivity contribution < 1.29 is 14.3 Å². The molecule has 0 N–H and O–H groups in total. The van der Waals surface area contributed by atoms with Gasteiger partial charge >= 0.3 is 0 Å². The Hall–Kier alpha value is -4.05. The Morgan fingerprint density at radius 3 is 2.51 bits per heavy atom. The van der Waals surface area contributed by atoms with E-state index < -0.39 is 5.41 Å². The van der Waals surface area contributed by atoms with Crippen LogP contribution >= 0.6 is 0 Å². The molecule has 3 heterocycles. The predicted octanol–water partition coefficient (Wildman–Crippen LogP) is 5.90. The summed E-state index contributed by atoms with van der Waals surface area (Å²) in [6.07, 6.45) is 1.95. The highest BCUT2D eigenvalue weighted by atomic mass is 16.5. The van der Waals surface area contributed by atoms with E-state index >= 15 is 0 Å². The fraction of sp³-hybridized carbons (Fsp3) is 0.194. The molecule has 0 aromatic heterocycles. The Labute approximate surface area is 204 Å². The molecule has 4 aromatic carbocycles. The van der Waals surface area contributed by atoms with Crippen LogP contribution in [0, 0.1) is 0 Å². The molecule has 3 aliphatic heterocycles. The van der Waals surface area contributed by atoms with Crippen molar-refractivity contribution in [1.29, 1.82) is 0 Å². The van der Waals surface area contributed by atoms with Gasteiger partial charge in [-0.05, 0) is 52.8 Å². The van der Waals surface area contributed by atoms with Crippen LogP contribution in [0.4, 0.5) is 5.69 Å². The number of anilines is 1. The Bertz CT molecular complexity index is 1460. The molecule has 0 aliphatic carbocycles. The first kappa shape index (κ1) is 20.3. The lowest BCUT2D eigenvalue weighted by molar-refractivity contribution is -0.122. The molecular weight excluding hydrogens is 434 g/mol. The summed E-state index contributed by atoms with van der Waals surface area (Å²) in [7, 11) is 0. The number of benzene rings is 4. The average molecular weight is 460 g/mol. The number of nitrogens with zero attached hydrogens (tertiary/aromatic N) is 1. The number of hydrogen-bond acceptors (Lipinski definition) is 3. The predicted molar refractivity (Wildman–Crippen MR) is 136 cm³/mol. The van der Waals surface area contributed by atoms with Crippen LogP contribution in [0.3, 0.4) is 0 Å². The SMILES string of the molecule is O=C1N(Cc2ccccc2-c2ccccc2)c2ccccc2C12COc1cc3c(cc12)CCCO3. The number of hydrogen-bond donors (Lipinski definition) is 0. The van der Waals surface area contributed by atoms with Crippen molar-refractivity contribution in [3.63, 3.8) is 0 Å². The first-order valence-corrected chi connectivity index (χ1v) is 12.2. The highest BCUT2D eigenvalue weighted by Gasteiger charge is 2.57. The number of amides is 1. The van der Waals surface area contributed by atoms with Crippen molar-refractivity contribution in [2.75, 3.05) is 18.1 Å². The van der Waals surface area contributed by atoms with Gasteiger partial charge in [0.1, 0.15) is 23.5 Å². The van der Waals surface area contributed by atoms with E-state index in [9.17, 15) is 4.79 Å². The van der Waals surface area contributed by atoms with Gasteiger partial charge in [-0.15, -0.1) is 0 Å². The van der Waals surface area contributed by atoms with Gasteiger partial charge in [0, 0.05) is 17.3 Å². The lowest BCUT2D eigenvalue weighted by Gasteiger charge is -2.25. The minimum Gasteiger partial charge on any atom is -0.493 e. The largest absolute Gasteiger partial charge is 0.493 e. The minimum absolute atomic E-state index is 0.0805. The first-order chi connectivity index (χ1) is 17.3. The summed E-state index contributed by atoms with van der Waals surface area (Å²) in [5, 5.41) is 0. The Balaban J connectivity index is 1.34. The van der Waals surface area contributed by atoms with E-state index in [-0.39, 0.29) is 5.91 Å². The number of carbonyl (C=O) groups is 1. The zero-order chi connectivity index (χ0) is 23.4. The standard InChI is InChI=1S/C31H25NO3/c33-30-31(20-35-29-18-28-22(17-26(29)31)12-8-16-34-28)25-14-6-7-15-27(25)32(30)19-23-11-4-5-13-24(23)21-9-2-1-3-10-21/h1-7,9-11,13-15,17-18H,8,12,16,19-20H2. The molecule has 0 bridgehead atoms. The molecule has 0 radical (unpaired) electrons. The van der Waals surface area contributed by atoms with Crippen LogP contribution in [-0.2, 0) is 23.2 Å². The fourth-order valence-corrected chi connectivity index (χ4v) is 5.91. The second kappa shape index (κ2) is 7.74. The highest BCUT2D eigenvalue weighted by molar-refractivity contribution is 6.11. The van der Waals surface area contributed by atoms with E-state index in [2.05, 4.69) is 60.7 Å². The summed E-state index contributed by atoms with van der Waals surface area (Å²) in [4.78, 5) is 16.3. The van der Waals surface area contributed by atoms with E-state index in [0.29, 0.717) is 13.2 Å². The maximum atomic E-state index is 14.4. The topological polar surface area (TPSA) is 38.8 Å². The molecule has 4 aromatic rings. The third kappa shape index (κ3) is 2.96. The van der Waals surface area contributed by atoms with E-state index in [0.717, 1.165) is 70.0 Å². The monoisotopic (exact) mass is 459 g/mol. The number of carbonyl (C=O) groups excluding carboxylic acids is 1. The smallest absolute Gasteiger partial charge is 0.246 e. The summed E-state index contributed by atoms with van der Waals surface area (Å²) in [5.74, 6) is 1.73. The molecule has 4 heteroatoms. The molecule has 4 nitrogen and oxygen atoms in total. The lowest BCUT2D eigenvalue weighted by Crippen LogP contribution is -2.42. The van der Waals surface area contributed by atoms with Crippen LogP contribution in [0.2, 0.25) is 0 Å². The molecule has 7 rings (SSSR count). The summed E-state index contributed by atoms with van der Waals surface area (Å²) >= 11 is 0. The van der Waals surface area contributed by atoms with Crippen molar-refractivity contribution in [3.05, 3.63) is 113 Å². The summed E-state index contributed by atoms with van der Waals surface area (Å²) < 4.78 is 12.1. The zero-order valence-corrected chi connectivity index (χ0v) is 19.4. The van der Waals surface area contributed by atoms with E-state index in [4.69, 9.17) is 9.47 Å². The molecule has 35 heavy (non-hydrogen) atoms. The number of ether oxygens (including phenoxy) is 2. The number of fused-ring (bicyclic) bond motifs is 5. The maximum absolute atomic E-state index is 14.4. The summed E-state index contributed by atoms with van der Waals surface area (Å²) in [6.45, 7) is 1.55. The third-order valence-electron chi connectivity index (χ3n) is 7.61. The fourth-order valence-electron chi connectivity index (χ4n) is 5.91. The quantitative estimate of drug-likeness (QED) is 0.383. The van der Waals surface area contributed by atoms with Gasteiger partial charge in [-0.1, -0.05) is 72.8 Å². The molecule has 172 valence electrons. The van der Waals surface area contributed by atoms with Crippen LogP contribution < -0.4 is 14.4 Å². The molecule has 1 spiro atoms. The van der Waals surface area contributed by atoms with Crippen molar-refractivity contribution in [3.8, 4) is 22.6 Å². The highest BCUT2D eigenvalue weighted by Crippen LogP contribution is 2.54. The molecule has 0 saturated heterocycles. The zero-order valence-electron chi connectivity index (χ0n) is 19.4. The molecule has 0 fully saturated rings. The van der Waals surface area contributed by atoms with Crippen LogP contribution in [-0.4, -0.2) is 19.1 Å². The Morgan fingerprint density at radius 1 is 0.800 bits per heavy atom. The molecule has 1 atom stereocenters. The molecular formula is C31H25NO3. The van der Waals surface area contributed by atoms with Gasteiger partial charge in [-0.25, -0.2) is 0 Å². The van der Waals surface area contributed by atoms with Gasteiger partial charge < -0.3 is 14.4 Å². The van der Waals surface area contributed by atoms with Crippen LogP contribution in [0.5, 0.6) is 11.5 Å². The molecule has 1 unspecified atom stereocenters. The average Bonchev–Trinajstić information content (AvgIpc) is 3.40. The van der Waals surface area contributed by atoms with E-state index in [1.54, 1.807) is 0 Å². The third-order valence-corrected chi connectivity index (χ3v) is 7.61. The normalized spacial score (nSPS) is 19.7. The van der Waals surface area contributed by atoms with Crippen LogP contribution in [0.15, 0.2) is 91.0 Å². The number of rotatable bonds is 3. The van der Waals surface area contributed by atoms with Crippen molar-refractivity contribution in [1.82, 2.24) is 0 Å². The van der Waals surface area contributed by atoms with Crippen molar-refractivity contribution >= 4 is 11.6 Å². The summed E-state index contributed by atoms with van der Waals surface area (Å²) in [5.41, 5.74) is 6.73. The Morgan fingerprint density at radius 2 is 1.60 bits per heavy atom. The number of aryl methyl sites for hydroxylation is 1. The van der Waals surface area contributed by atoms with Gasteiger partial charge in [0.2, 0.25) is 5.91 Å². The second-order valence-corrected chi connectivity index (χ2v) is 9.53. The number of para-hydroxylation sites is 1. The lowest BCUT2D eigenvalue weighted by atomic mass is 9.76. The van der Waals surface area contributed by atoms with E-state index in [1.807, 2.05) is 35.2 Å². The second-order valence-electron chi connectivity index (χ2n) is 9.53. The van der Waals surface area contributed by atoms with Gasteiger partial charge in [0.25, 0.3) is 0 Å². The minimum atomic E-state index is -0.819. The van der Waals surface area contributed by atoms with Gasteiger partial charge in [0.05, 0.1) is 13.2 Å². The Kier molecular flexibility index (Phi) is 4.50. The van der Waals surface area contributed by atoms with Gasteiger partial charge in [-0.3, -0.25) is 4.79 Å². The van der Waals surface area contributed by atoms with E-state index in [1.165, 1.54) is 0 Å². The van der Waals surface area contributed by atoms with Gasteiger partial charge in [0.15, 0.2) is 0 Å². The maximum Gasteiger partial charge on any atom is 0.246 e. The van der Waals surface area contributed by atoms with Crippen molar-refractivity contribution in [2.45, 2.75) is 24.8 Å². The van der Waals surface area contributed by atoms with Gasteiger partial charge in [-0.2, -0.15) is 0 Å².